The second-order valence-corrected chi connectivity index (χ2v) is 1.93. The average molecular weight is 166 g/mol. The highest BCUT2D eigenvalue weighted by molar-refractivity contribution is 5.20. The average Bonchev–Trinajstić information content (AvgIpc) is 2.08. The molecule has 0 aliphatic carbocycles. The van der Waals surface area contributed by atoms with Gasteiger partial charge < -0.3 is 9.84 Å². The van der Waals surface area contributed by atoms with Gasteiger partial charge in [-0.2, -0.15) is 0 Å². The first-order valence-corrected chi connectivity index (χ1v) is 3.78. The van der Waals surface area contributed by atoms with Gasteiger partial charge in [0.1, 0.15) is 5.75 Å². The Labute approximate surface area is 73.1 Å². The van der Waals surface area contributed by atoms with E-state index in [1.54, 1.807) is 0 Å². The minimum absolute atomic E-state index is 0.740. The van der Waals surface area contributed by atoms with E-state index in [-0.39, 0.29) is 0 Å². The predicted octanol–water partition coefficient (Wildman–Crippen LogP) is 2.77. The highest BCUT2D eigenvalue weighted by atomic mass is 16.5. The first-order chi connectivity index (χ1) is 5.85. The predicted molar refractivity (Wildman–Crippen MR) is 50.4 cm³/mol. The van der Waals surface area contributed by atoms with Crippen LogP contribution in [0, 0.1) is 0 Å². The van der Waals surface area contributed by atoms with Crippen LogP contribution in [0.3, 0.4) is 0 Å². The maximum Gasteiger partial charge on any atom is 0.119 e. The van der Waals surface area contributed by atoms with Gasteiger partial charge in [0.2, 0.25) is 0 Å². The molecule has 1 rings (SSSR count). The summed E-state index contributed by atoms with van der Waals surface area (Å²) in [5.41, 5.74) is 0. The van der Waals surface area contributed by atoms with Crippen LogP contribution in [0.1, 0.15) is 6.92 Å². The molecule has 0 bridgehead atoms. The van der Waals surface area contributed by atoms with Crippen molar-refractivity contribution in [1.82, 2.24) is 0 Å². The fraction of sp³-hybridized carbons (Fsp3) is 0.200. The van der Waals surface area contributed by atoms with Gasteiger partial charge in [-0.3, -0.25) is 0 Å². The Morgan fingerprint density at radius 1 is 1.42 bits per heavy atom. The molecule has 1 aromatic rings. The Kier molecular flexibility index (Phi) is 6.74. The van der Waals surface area contributed by atoms with Crippen LogP contribution in [0.2, 0.25) is 0 Å². The van der Waals surface area contributed by atoms with Crippen LogP contribution in [-0.2, 0) is 0 Å². The molecule has 66 valence electrons. The SMILES string of the molecule is C=CO.CCOc1ccccc1. The number of ether oxygens (including phenoxy) is 1. The zero-order valence-electron chi connectivity index (χ0n) is 7.23. The Balaban J connectivity index is 0.000000354. The number of hydrogen-bond acceptors (Lipinski definition) is 2. The summed E-state index contributed by atoms with van der Waals surface area (Å²) in [4.78, 5) is 0. The molecule has 0 heterocycles. The molecule has 0 spiro atoms. The fourth-order valence-corrected chi connectivity index (χ4v) is 0.683. The minimum atomic E-state index is 0.740. The summed E-state index contributed by atoms with van der Waals surface area (Å²) >= 11 is 0. The van der Waals surface area contributed by atoms with E-state index in [2.05, 4.69) is 6.58 Å². The van der Waals surface area contributed by atoms with Crippen molar-refractivity contribution in [1.29, 1.82) is 0 Å². The van der Waals surface area contributed by atoms with Crippen LogP contribution in [0.4, 0.5) is 0 Å². The van der Waals surface area contributed by atoms with Crippen molar-refractivity contribution in [3.8, 4) is 5.75 Å². The first-order valence-electron chi connectivity index (χ1n) is 3.78. The van der Waals surface area contributed by atoms with E-state index in [9.17, 15) is 0 Å². The number of aliphatic hydroxyl groups is 1. The van der Waals surface area contributed by atoms with Crippen molar-refractivity contribution in [2.45, 2.75) is 6.92 Å². The third-order valence-electron chi connectivity index (χ3n) is 1.05. The molecule has 0 aliphatic heterocycles. The van der Waals surface area contributed by atoms with E-state index in [1.165, 1.54) is 0 Å². The molecule has 0 aliphatic rings. The molecule has 0 saturated carbocycles. The van der Waals surface area contributed by atoms with Crippen molar-refractivity contribution < 1.29 is 9.84 Å². The van der Waals surface area contributed by atoms with Crippen molar-refractivity contribution >= 4 is 0 Å². The Bertz CT molecular complexity index is 194. The van der Waals surface area contributed by atoms with E-state index in [4.69, 9.17) is 9.84 Å². The van der Waals surface area contributed by atoms with Crippen molar-refractivity contribution in [3.63, 3.8) is 0 Å². The Hall–Kier alpha value is -1.44. The molecule has 2 heteroatoms. The fourth-order valence-electron chi connectivity index (χ4n) is 0.683. The van der Waals surface area contributed by atoms with E-state index in [0.29, 0.717) is 0 Å². The molecule has 1 N–H and O–H groups in total. The highest BCUT2D eigenvalue weighted by Crippen LogP contribution is 2.06. The molecule has 0 aromatic heterocycles. The number of para-hydroxylation sites is 1. The molecule has 0 unspecified atom stereocenters. The lowest BCUT2D eigenvalue weighted by molar-refractivity contribution is 0.340. The molecule has 1 aromatic carbocycles. The van der Waals surface area contributed by atoms with Crippen LogP contribution in [-0.4, -0.2) is 11.7 Å². The molecule has 0 fully saturated rings. The van der Waals surface area contributed by atoms with Gasteiger partial charge in [-0.15, -0.1) is 0 Å². The third-order valence-corrected chi connectivity index (χ3v) is 1.05. The smallest absolute Gasteiger partial charge is 0.119 e. The van der Waals surface area contributed by atoms with Crippen molar-refractivity contribution in [2.75, 3.05) is 6.61 Å². The van der Waals surface area contributed by atoms with Gasteiger partial charge in [0.15, 0.2) is 0 Å². The largest absolute Gasteiger partial charge is 0.516 e. The molecular weight excluding hydrogens is 152 g/mol. The van der Waals surface area contributed by atoms with Gasteiger partial charge in [-0.25, -0.2) is 0 Å². The topological polar surface area (TPSA) is 29.5 Å². The van der Waals surface area contributed by atoms with Gasteiger partial charge in [0.05, 0.1) is 12.9 Å². The summed E-state index contributed by atoms with van der Waals surface area (Å²) in [7, 11) is 0. The molecule has 0 saturated heterocycles. The van der Waals surface area contributed by atoms with Crippen LogP contribution < -0.4 is 4.74 Å². The summed E-state index contributed by atoms with van der Waals surface area (Å²) in [6.45, 7) is 5.64. The first kappa shape index (κ1) is 10.6. The lowest BCUT2D eigenvalue weighted by atomic mass is 10.3. The zero-order chi connectivity index (χ0) is 9.23. The summed E-state index contributed by atoms with van der Waals surface area (Å²) in [5.74, 6) is 0.944. The van der Waals surface area contributed by atoms with Crippen LogP contribution in [0.5, 0.6) is 5.75 Å². The number of benzene rings is 1. The standard InChI is InChI=1S/C8H10O.C2H4O/c1-2-9-8-6-4-3-5-7-8;1-2-3/h3-7H,2H2,1H3;2-3H,1H2. The zero-order valence-corrected chi connectivity index (χ0v) is 7.23. The molecule has 2 nitrogen and oxygen atoms in total. The normalized spacial score (nSPS) is 7.75. The molecule has 12 heavy (non-hydrogen) atoms. The lowest BCUT2D eigenvalue weighted by Crippen LogP contribution is -1.89. The van der Waals surface area contributed by atoms with Gasteiger partial charge in [-0.1, -0.05) is 24.8 Å². The van der Waals surface area contributed by atoms with E-state index in [1.807, 2.05) is 37.3 Å². The number of hydrogen-bond donors (Lipinski definition) is 1. The van der Waals surface area contributed by atoms with Gasteiger partial charge >= 0.3 is 0 Å². The van der Waals surface area contributed by atoms with Gasteiger partial charge in [0, 0.05) is 0 Å². The Morgan fingerprint density at radius 2 is 1.92 bits per heavy atom. The number of rotatable bonds is 2. The second-order valence-electron chi connectivity index (χ2n) is 1.93. The number of aliphatic hydroxyl groups excluding tert-OH is 1. The summed E-state index contributed by atoms with van der Waals surface area (Å²) in [6, 6.07) is 9.80. The van der Waals surface area contributed by atoms with Crippen LogP contribution in [0.15, 0.2) is 43.2 Å². The molecule has 0 amide bonds. The second kappa shape index (κ2) is 7.66. The molecular formula is C10H14O2. The van der Waals surface area contributed by atoms with Gasteiger partial charge in [0.25, 0.3) is 0 Å². The van der Waals surface area contributed by atoms with Crippen molar-refractivity contribution in [2.24, 2.45) is 0 Å². The lowest BCUT2D eigenvalue weighted by Gasteiger charge is -1.99. The Morgan fingerprint density at radius 3 is 2.33 bits per heavy atom. The summed E-state index contributed by atoms with van der Waals surface area (Å²) in [6.07, 6.45) is 0.750. The third kappa shape index (κ3) is 5.35. The van der Waals surface area contributed by atoms with E-state index in [0.717, 1.165) is 18.6 Å². The quantitative estimate of drug-likeness (QED) is 0.684. The molecule has 0 atom stereocenters. The molecule has 0 radical (unpaired) electrons. The minimum Gasteiger partial charge on any atom is -0.516 e. The van der Waals surface area contributed by atoms with Crippen LogP contribution in [0.25, 0.3) is 0 Å². The van der Waals surface area contributed by atoms with Crippen LogP contribution >= 0.6 is 0 Å². The summed E-state index contributed by atoms with van der Waals surface area (Å²) in [5, 5.41) is 7.33. The summed E-state index contributed by atoms with van der Waals surface area (Å²) < 4.78 is 5.21. The van der Waals surface area contributed by atoms with E-state index < -0.39 is 0 Å². The maximum absolute atomic E-state index is 7.33. The van der Waals surface area contributed by atoms with E-state index >= 15 is 0 Å². The van der Waals surface area contributed by atoms with Gasteiger partial charge in [-0.05, 0) is 19.1 Å². The maximum atomic E-state index is 7.33. The van der Waals surface area contributed by atoms with Crippen molar-refractivity contribution in [3.05, 3.63) is 43.2 Å². The highest BCUT2D eigenvalue weighted by Gasteiger charge is 1.83. The monoisotopic (exact) mass is 166 g/mol.